The molecule has 17 heavy (non-hydrogen) atoms. The lowest BCUT2D eigenvalue weighted by atomic mass is 10.3. The monoisotopic (exact) mass is 346 g/mol. The van der Waals surface area contributed by atoms with Crippen LogP contribution in [0.25, 0.3) is 0 Å². The minimum atomic E-state index is 0. The van der Waals surface area contributed by atoms with Gasteiger partial charge in [-0.3, -0.25) is 9.98 Å². The molecule has 1 heterocycles. The smallest absolute Gasteiger partial charge is 0.191 e. The van der Waals surface area contributed by atoms with Gasteiger partial charge in [-0.05, 0) is 25.0 Å². The van der Waals surface area contributed by atoms with Gasteiger partial charge in [0.15, 0.2) is 5.96 Å². The summed E-state index contributed by atoms with van der Waals surface area (Å²) in [6, 6.07) is 6.54. The third-order valence-electron chi connectivity index (χ3n) is 2.82. The van der Waals surface area contributed by atoms with Crippen LogP contribution in [-0.4, -0.2) is 35.5 Å². The molecule has 0 amide bonds. The summed E-state index contributed by atoms with van der Waals surface area (Å²) in [5, 5.41) is 0. The number of hydrogen-bond donors (Lipinski definition) is 1. The Morgan fingerprint density at radius 3 is 2.88 bits per heavy atom. The molecule has 1 aliphatic carbocycles. The quantitative estimate of drug-likeness (QED) is 0.512. The summed E-state index contributed by atoms with van der Waals surface area (Å²) < 4.78 is 0. The Hall–Kier alpha value is -0.850. The third-order valence-corrected chi connectivity index (χ3v) is 2.82. The van der Waals surface area contributed by atoms with Crippen molar-refractivity contribution in [1.29, 1.82) is 0 Å². The van der Waals surface area contributed by atoms with Gasteiger partial charge >= 0.3 is 0 Å². The number of rotatable bonds is 4. The van der Waals surface area contributed by atoms with E-state index in [1.807, 2.05) is 25.2 Å². The summed E-state index contributed by atoms with van der Waals surface area (Å²) in [6.07, 6.45) is 5.14. The van der Waals surface area contributed by atoms with Crippen LogP contribution >= 0.6 is 24.0 Å². The third kappa shape index (κ3) is 4.49. The van der Waals surface area contributed by atoms with Gasteiger partial charge in [0.2, 0.25) is 0 Å². The van der Waals surface area contributed by atoms with Crippen LogP contribution in [-0.2, 0) is 6.42 Å². The lowest BCUT2D eigenvalue weighted by molar-refractivity contribution is 0.487. The largest absolute Gasteiger partial charge is 0.370 e. The summed E-state index contributed by atoms with van der Waals surface area (Å²) >= 11 is 0. The van der Waals surface area contributed by atoms with E-state index in [1.165, 1.54) is 12.8 Å². The van der Waals surface area contributed by atoms with Crippen LogP contribution in [0.4, 0.5) is 0 Å². The molecule has 1 saturated carbocycles. The highest BCUT2D eigenvalue weighted by atomic mass is 127. The maximum Gasteiger partial charge on any atom is 0.191 e. The number of aromatic nitrogens is 1. The van der Waals surface area contributed by atoms with Crippen LogP contribution in [0.5, 0.6) is 0 Å². The molecule has 0 spiro atoms. The molecule has 0 radical (unpaired) electrons. The molecule has 0 saturated heterocycles. The fraction of sp³-hybridized carbons (Fsp3) is 0.500. The second-order valence-corrected chi connectivity index (χ2v) is 4.15. The van der Waals surface area contributed by atoms with E-state index in [-0.39, 0.29) is 24.0 Å². The Labute approximate surface area is 119 Å². The van der Waals surface area contributed by atoms with E-state index in [4.69, 9.17) is 5.73 Å². The molecule has 0 atom stereocenters. The van der Waals surface area contributed by atoms with Crippen molar-refractivity contribution < 1.29 is 0 Å². The fourth-order valence-corrected chi connectivity index (χ4v) is 1.59. The molecule has 0 bridgehead atoms. The number of nitrogens with zero attached hydrogens (tertiary/aromatic N) is 3. The van der Waals surface area contributed by atoms with Crippen LogP contribution in [0.3, 0.4) is 0 Å². The topological polar surface area (TPSA) is 54.5 Å². The van der Waals surface area contributed by atoms with Gasteiger partial charge in [0.1, 0.15) is 0 Å². The predicted molar refractivity (Wildman–Crippen MR) is 80.6 cm³/mol. The molecule has 0 unspecified atom stereocenters. The number of guanidine groups is 1. The normalized spacial score (nSPS) is 15.2. The van der Waals surface area contributed by atoms with Gasteiger partial charge in [0.25, 0.3) is 0 Å². The van der Waals surface area contributed by atoms with E-state index in [0.717, 1.165) is 12.1 Å². The fourth-order valence-electron chi connectivity index (χ4n) is 1.59. The maximum absolute atomic E-state index is 5.88. The molecule has 1 aromatic rings. The van der Waals surface area contributed by atoms with E-state index in [9.17, 15) is 0 Å². The van der Waals surface area contributed by atoms with Crippen LogP contribution in [0, 0.1) is 0 Å². The molecule has 2 rings (SSSR count). The Morgan fingerprint density at radius 1 is 1.53 bits per heavy atom. The van der Waals surface area contributed by atoms with Gasteiger partial charge in [-0.2, -0.15) is 0 Å². The molecule has 0 aromatic carbocycles. The van der Waals surface area contributed by atoms with Crippen LogP contribution < -0.4 is 5.73 Å². The summed E-state index contributed by atoms with van der Waals surface area (Å²) in [6.45, 7) is 0.708. The van der Waals surface area contributed by atoms with Crippen molar-refractivity contribution in [3.8, 4) is 0 Å². The molecule has 0 aliphatic heterocycles. The highest BCUT2D eigenvalue weighted by Crippen LogP contribution is 2.24. The standard InChI is InChI=1S/C12H18N4.HI/c1-16(11-5-6-11)12(13)15-9-7-10-4-2-3-8-14-10;/h2-4,8,11H,5-7,9H2,1H3,(H2,13,15);1H. The molecule has 4 nitrogen and oxygen atoms in total. The zero-order valence-corrected chi connectivity index (χ0v) is 12.4. The predicted octanol–water partition coefficient (Wildman–Crippen LogP) is 1.65. The lowest BCUT2D eigenvalue weighted by Crippen LogP contribution is -2.35. The second-order valence-electron chi connectivity index (χ2n) is 4.15. The molecular weight excluding hydrogens is 327 g/mol. The van der Waals surface area contributed by atoms with Gasteiger partial charge < -0.3 is 10.6 Å². The van der Waals surface area contributed by atoms with Crippen molar-refractivity contribution >= 4 is 29.9 Å². The van der Waals surface area contributed by atoms with Gasteiger partial charge in [0.05, 0.1) is 0 Å². The molecule has 5 heteroatoms. The van der Waals surface area contributed by atoms with Crippen molar-refractivity contribution in [3.63, 3.8) is 0 Å². The highest BCUT2D eigenvalue weighted by molar-refractivity contribution is 14.0. The minimum absolute atomic E-state index is 0. The summed E-state index contributed by atoms with van der Waals surface area (Å²) in [7, 11) is 2.01. The number of hydrogen-bond acceptors (Lipinski definition) is 2. The number of pyridine rings is 1. The van der Waals surface area contributed by atoms with Gasteiger partial charge in [-0.1, -0.05) is 6.07 Å². The minimum Gasteiger partial charge on any atom is -0.370 e. The van der Waals surface area contributed by atoms with Crippen LogP contribution in [0.2, 0.25) is 0 Å². The van der Waals surface area contributed by atoms with Crippen molar-refractivity contribution in [2.24, 2.45) is 10.7 Å². The van der Waals surface area contributed by atoms with Crippen molar-refractivity contribution in [2.45, 2.75) is 25.3 Å². The van der Waals surface area contributed by atoms with Crippen molar-refractivity contribution in [3.05, 3.63) is 30.1 Å². The first-order valence-corrected chi connectivity index (χ1v) is 5.70. The molecule has 1 aromatic heterocycles. The molecule has 1 aliphatic rings. The van der Waals surface area contributed by atoms with E-state index >= 15 is 0 Å². The molecule has 94 valence electrons. The highest BCUT2D eigenvalue weighted by Gasteiger charge is 2.27. The van der Waals surface area contributed by atoms with E-state index in [2.05, 4.69) is 14.9 Å². The second kappa shape index (κ2) is 6.78. The molecular formula is C12H19IN4. The van der Waals surface area contributed by atoms with E-state index in [0.29, 0.717) is 18.5 Å². The average molecular weight is 346 g/mol. The van der Waals surface area contributed by atoms with Crippen molar-refractivity contribution in [1.82, 2.24) is 9.88 Å². The molecule has 2 N–H and O–H groups in total. The summed E-state index contributed by atoms with van der Waals surface area (Å²) in [4.78, 5) is 10.7. The first kappa shape index (κ1) is 14.2. The maximum atomic E-state index is 5.88. The average Bonchev–Trinajstić information content (AvgIpc) is 3.13. The van der Waals surface area contributed by atoms with Gasteiger partial charge in [-0.15, -0.1) is 24.0 Å². The Bertz CT molecular complexity index is 362. The zero-order valence-electron chi connectivity index (χ0n) is 10.0. The molecule has 1 fully saturated rings. The Morgan fingerprint density at radius 2 is 2.29 bits per heavy atom. The van der Waals surface area contributed by atoms with Crippen LogP contribution in [0.15, 0.2) is 29.4 Å². The first-order valence-electron chi connectivity index (χ1n) is 5.70. The van der Waals surface area contributed by atoms with Gasteiger partial charge in [-0.25, -0.2) is 0 Å². The Balaban J connectivity index is 0.00000144. The van der Waals surface area contributed by atoms with Gasteiger partial charge in [0, 0.05) is 37.9 Å². The van der Waals surface area contributed by atoms with E-state index < -0.39 is 0 Å². The SMILES string of the molecule is CN(C(N)=NCCc1ccccn1)C1CC1.I. The summed E-state index contributed by atoms with van der Waals surface area (Å²) in [5.41, 5.74) is 6.94. The Kier molecular flexibility index (Phi) is 5.67. The van der Waals surface area contributed by atoms with E-state index in [1.54, 1.807) is 6.20 Å². The summed E-state index contributed by atoms with van der Waals surface area (Å²) in [5.74, 6) is 0.651. The number of nitrogens with two attached hydrogens (primary N) is 1. The number of halogens is 1. The van der Waals surface area contributed by atoms with Crippen LogP contribution in [0.1, 0.15) is 18.5 Å². The number of aliphatic imine (C=N–C) groups is 1. The van der Waals surface area contributed by atoms with Crippen molar-refractivity contribution in [2.75, 3.05) is 13.6 Å². The lowest BCUT2D eigenvalue weighted by Gasteiger charge is -2.16. The first-order chi connectivity index (χ1) is 7.77. The zero-order chi connectivity index (χ0) is 11.4.